The molecule has 0 aromatic rings. The van der Waals surface area contributed by atoms with Gasteiger partial charge in [0, 0.05) is 24.4 Å². The monoisotopic (exact) mass is 258 g/mol. The van der Waals surface area contributed by atoms with E-state index in [0.717, 1.165) is 6.54 Å². The molecule has 1 heterocycles. The van der Waals surface area contributed by atoms with E-state index in [-0.39, 0.29) is 5.54 Å². The first-order valence-electron chi connectivity index (χ1n) is 7.26. The van der Waals surface area contributed by atoms with Crippen LogP contribution in [0.15, 0.2) is 0 Å². The SMILES string of the molecule is CCCCCCC(C)(CN)N1CCCSCC1. The first kappa shape index (κ1) is 15.3. The van der Waals surface area contributed by atoms with Crippen molar-refractivity contribution in [3.05, 3.63) is 0 Å². The van der Waals surface area contributed by atoms with Crippen molar-refractivity contribution in [1.29, 1.82) is 0 Å². The molecule has 0 aromatic carbocycles. The third kappa shape index (κ3) is 5.19. The number of unbranched alkanes of at least 4 members (excludes halogenated alkanes) is 3. The largest absolute Gasteiger partial charge is 0.329 e. The first-order valence-corrected chi connectivity index (χ1v) is 8.41. The van der Waals surface area contributed by atoms with Crippen LogP contribution in [0.5, 0.6) is 0 Å². The maximum absolute atomic E-state index is 6.06. The van der Waals surface area contributed by atoms with E-state index in [2.05, 4.69) is 30.5 Å². The zero-order valence-corrected chi connectivity index (χ0v) is 12.5. The Morgan fingerprint density at radius 3 is 2.71 bits per heavy atom. The van der Waals surface area contributed by atoms with Gasteiger partial charge in [0.1, 0.15) is 0 Å². The van der Waals surface area contributed by atoms with Crippen LogP contribution in [0.1, 0.15) is 52.4 Å². The highest BCUT2D eigenvalue weighted by atomic mass is 32.2. The van der Waals surface area contributed by atoms with Crippen LogP contribution in [0.25, 0.3) is 0 Å². The summed E-state index contributed by atoms with van der Waals surface area (Å²) in [4.78, 5) is 2.65. The van der Waals surface area contributed by atoms with E-state index in [0.29, 0.717) is 0 Å². The summed E-state index contributed by atoms with van der Waals surface area (Å²) >= 11 is 2.10. The highest BCUT2D eigenvalue weighted by Gasteiger charge is 2.30. The van der Waals surface area contributed by atoms with Crippen LogP contribution in [-0.4, -0.2) is 41.6 Å². The van der Waals surface area contributed by atoms with E-state index in [1.54, 1.807) is 0 Å². The lowest BCUT2D eigenvalue weighted by molar-refractivity contribution is 0.108. The standard InChI is InChI=1S/C14H30N2S/c1-3-4-5-6-8-14(2,13-15)16-9-7-11-17-12-10-16/h3-13,15H2,1-2H3. The van der Waals surface area contributed by atoms with Crippen molar-refractivity contribution in [2.75, 3.05) is 31.1 Å². The number of rotatable bonds is 7. The molecule has 1 atom stereocenters. The summed E-state index contributed by atoms with van der Waals surface area (Å²) < 4.78 is 0. The van der Waals surface area contributed by atoms with Crippen molar-refractivity contribution in [1.82, 2.24) is 4.90 Å². The number of nitrogens with two attached hydrogens (primary N) is 1. The zero-order chi connectivity index (χ0) is 12.6. The quantitative estimate of drug-likeness (QED) is 0.712. The molecule has 0 aliphatic carbocycles. The van der Waals surface area contributed by atoms with Crippen LogP contribution < -0.4 is 5.73 Å². The molecule has 1 fully saturated rings. The van der Waals surface area contributed by atoms with E-state index in [9.17, 15) is 0 Å². The maximum atomic E-state index is 6.06. The maximum Gasteiger partial charge on any atom is 0.0303 e. The average molecular weight is 258 g/mol. The van der Waals surface area contributed by atoms with Gasteiger partial charge in [0.05, 0.1) is 0 Å². The number of nitrogens with zero attached hydrogens (tertiary/aromatic N) is 1. The molecule has 0 aromatic heterocycles. The first-order chi connectivity index (χ1) is 8.23. The smallest absolute Gasteiger partial charge is 0.0303 e. The van der Waals surface area contributed by atoms with E-state index >= 15 is 0 Å². The van der Waals surface area contributed by atoms with Crippen molar-refractivity contribution < 1.29 is 0 Å². The van der Waals surface area contributed by atoms with Gasteiger partial charge in [0.2, 0.25) is 0 Å². The second kappa shape index (κ2) is 8.39. The highest BCUT2D eigenvalue weighted by molar-refractivity contribution is 7.99. The van der Waals surface area contributed by atoms with Crippen LogP contribution in [0.3, 0.4) is 0 Å². The molecule has 1 aliphatic heterocycles. The van der Waals surface area contributed by atoms with Crippen molar-refractivity contribution in [3.63, 3.8) is 0 Å². The molecule has 3 heteroatoms. The molecule has 0 amide bonds. The molecule has 1 saturated heterocycles. The molecule has 2 N–H and O–H groups in total. The van der Waals surface area contributed by atoms with Crippen LogP contribution in [-0.2, 0) is 0 Å². The Bertz CT molecular complexity index is 191. The second-order valence-electron chi connectivity index (χ2n) is 5.46. The Balaban J connectivity index is 2.41. The van der Waals surface area contributed by atoms with Crippen molar-refractivity contribution in [2.45, 2.75) is 57.9 Å². The highest BCUT2D eigenvalue weighted by Crippen LogP contribution is 2.25. The fraction of sp³-hybridized carbons (Fsp3) is 1.00. The van der Waals surface area contributed by atoms with Crippen LogP contribution in [0.2, 0.25) is 0 Å². The molecule has 0 saturated carbocycles. The van der Waals surface area contributed by atoms with Gasteiger partial charge in [-0.05, 0) is 32.1 Å². The van der Waals surface area contributed by atoms with Crippen LogP contribution in [0.4, 0.5) is 0 Å². The van der Waals surface area contributed by atoms with Crippen molar-refractivity contribution >= 4 is 11.8 Å². The summed E-state index contributed by atoms with van der Waals surface area (Å²) in [6.45, 7) is 7.92. The van der Waals surface area contributed by atoms with Crippen molar-refractivity contribution in [2.24, 2.45) is 5.73 Å². The summed E-state index contributed by atoms with van der Waals surface area (Å²) in [5.74, 6) is 2.61. The van der Waals surface area contributed by atoms with E-state index < -0.39 is 0 Å². The number of hydrogen-bond acceptors (Lipinski definition) is 3. The van der Waals surface area contributed by atoms with Gasteiger partial charge in [-0.1, -0.05) is 32.6 Å². The third-order valence-corrected chi connectivity index (χ3v) is 5.04. The van der Waals surface area contributed by atoms with Gasteiger partial charge in [-0.25, -0.2) is 0 Å². The lowest BCUT2D eigenvalue weighted by Gasteiger charge is -2.40. The van der Waals surface area contributed by atoms with Gasteiger partial charge in [-0.2, -0.15) is 11.8 Å². The zero-order valence-electron chi connectivity index (χ0n) is 11.7. The Kier molecular flexibility index (Phi) is 7.56. The minimum absolute atomic E-state index is 0.249. The van der Waals surface area contributed by atoms with Crippen LogP contribution >= 0.6 is 11.8 Å². The Labute approximate surface area is 112 Å². The van der Waals surface area contributed by atoms with Gasteiger partial charge < -0.3 is 5.73 Å². The lowest BCUT2D eigenvalue weighted by Crippen LogP contribution is -2.52. The molecule has 102 valence electrons. The van der Waals surface area contributed by atoms with E-state index in [1.807, 2.05) is 0 Å². The average Bonchev–Trinajstić information content (AvgIpc) is 2.63. The number of thioether (sulfide) groups is 1. The summed E-state index contributed by atoms with van der Waals surface area (Å²) in [5.41, 5.74) is 6.30. The predicted octanol–water partition coefficient (Wildman–Crippen LogP) is 3.11. The fourth-order valence-corrected chi connectivity index (χ4v) is 3.49. The minimum Gasteiger partial charge on any atom is -0.329 e. The molecule has 17 heavy (non-hydrogen) atoms. The number of hydrogen-bond donors (Lipinski definition) is 1. The van der Waals surface area contributed by atoms with E-state index in [1.165, 1.54) is 63.1 Å². The summed E-state index contributed by atoms with van der Waals surface area (Å²) in [6.07, 6.45) is 8.00. The molecule has 1 unspecified atom stereocenters. The molecule has 1 rings (SSSR count). The molecule has 1 aliphatic rings. The summed E-state index contributed by atoms with van der Waals surface area (Å²) in [7, 11) is 0. The predicted molar refractivity (Wildman–Crippen MR) is 79.7 cm³/mol. The molecular weight excluding hydrogens is 228 g/mol. The third-order valence-electron chi connectivity index (χ3n) is 3.99. The Morgan fingerprint density at radius 2 is 2.00 bits per heavy atom. The minimum atomic E-state index is 0.249. The molecule has 2 nitrogen and oxygen atoms in total. The lowest BCUT2D eigenvalue weighted by atomic mass is 9.91. The van der Waals surface area contributed by atoms with E-state index in [4.69, 9.17) is 5.73 Å². The normalized spacial score (nSPS) is 22.1. The summed E-state index contributed by atoms with van der Waals surface area (Å²) in [6, 6.07) is 0. The second-order valence-corrected chi connectivity index (χ2v) is 6.69. The van der Waals surface area contributed by atoms with Gasteiger partial charge in [-0.3, -0.25) is 4.90 Å². The Hall–Kier alpha value is 0.270. The van der Waals surface area contributed by atoms with Gasteiger partial charge in [0.25, 0.3) is 0 Å². The summed E-state index contributed by atoms with van der Waals surface area (Å²) in [5, 5.41) is 0. The van der Waals surface area contributed by atoms with Gasteiger partial charge in [0.15, 0.2) is 0 Å². The fourth-order valence-electron chi connectivity index (χ4n) is 2.61. The van der Waals surface area contributed by atoms with Crippen molar-refractivity contribution in [3.8, 4) is 0 Å². The van der Waals surface area contributed by atoms with Gasteiger partial charge in [-0.15, -0.1) is 0 Å². The molecular formula is C14H30N2S. The molecule has 0 spiro atoms. The Morgan fingerprint density at radius 1 is 1.18 bits per heavy atom. The topological polar surface area (TPSA) is 29.3 Å². The van der Waals surface area contributed by atoms with Crippen LogP contribution in [0, 0.1) is 0 Å². The molecule has 0 bridgehead atoms. The molecule has 0 radical (unpaired) electrons. The van der Waals surface area contributed by atoms with Gasteiger partial charge >= 0.3 is 0 Å².